The van der Waals surface area contributed by atoms with Crippen LogP contribution in [0.3, 0.4) is 0 Å². The Bertz CT molecular complexity index is 946. The average molecular weight is 418 g/mol. The summed E-state index contributed by atoms with van der Waals surface area (Å²) >= 11 is 7.62. The van der Waals surface area contributed by atoms with Crippen LogP contribution in [0.15, 0.2) is 35.8 Å². The Morgan fingerprint density at radius 1 is 1.32 bits per heavy atom. The monoisotopic (exact) mass is 417 g/mol. The number of methoxy groups -OCH3 is 1. The molecule has 0 aliphatic heterocycles. The number of amides is 1. The van der Waals surface area contributed by atoms with Gasteiger partial charge in [-0.05, 0) is 25.0 Å². The molecular formula is C21H24ClN3O2S. The number of halogens is 1. The van der Waals surface area contributed by atoms with Crippen LogP contribution >= 0.6 is 22.9 Å². The van der Waals surface area contributed by atoms with Crippen LogP contribution in [0.1, 0.15) is 25.0 Å². The van der Waals surface area contributed by atoms with Crippen molar-refractivity contribution in [1.29, 1.82) is 0 Å². The normalized spacial score (nSPS) is 14.4. The summed E-state index contributed by atoms with van der Waals surface area (Å²) in [4.78, 5) is 20.4. The van der Waals surface area contributed by atoms with E-state index in [0.29, 0.717) is 19.7 Å². The first-order chi connectivity index (χ1) is 13.7. The maximum absolute atomic E-state index is 12.7. The predicted octanol–water partition coefficient (Wildman–Crippen LogP) is 4.53. The third kappa shape index (κ3) is 4.09. The molecule has 1 aliphatic carbocycles. The van der Waals surface area contributed by atoms with Gasteiger partial charge in [-0.15, -0.1) is 11.3 Å². The number of benzene rings is 1. The molecule has 1 aromatic carbocycles. The molecule has 5 nitrogen and oxygen atoms in total. The first-order valence-electron chi connectivity index (χ1n) is 9.65. The van der Waals surface area contributed by atoms with E-state index in [4.69, 9.17) is 21.3 Å². The number of ether oxygens (including phenoxy) is 1. The molecule has 28 heavy (non-hydrogen) atoms. The topological polar surface area (TPSA) is 46.8 Å². The third-order valence-electron chi connectivity index (χ3n) is 5.39. The Labute approximate surface area is 173 Å². The van der Waals surface area contributed by atoms with Gasteiger partial charge < -0.3 is 9.64 Å². The van der Waals surface area contributed by atoms with Crippen molar-refractivity contribution in [2.24, 2.45) is 5.92 Å². The van der Waals surface area contributed by atoms with E-state index in [1.54, 1.807) is 18.4 Å². The number of hydrogen-bond donors (Lipinski definition) is 0. The lowest BCUT2D eigenvalue weighted by Gasteiger charge is -2.31. The molecule has 0 saturated heterocycles. The molecule has 0 radical (unpaired) electrons. The number of hydrogen-bond acceptors (Lipinski definition) is 4. The minimum absolute atomic E-state index is 0.212. The second-order valence-corrected chi connectivity index (χ2v) is 8.48. The van der Waals surface area contributed by atoms with Crippen molar-refractivity contribution in [2.45, 2.75) is 25.7 Å². The van der Waals surface area contributed by atoms with Gasteiger partial charge in [0.2, 0.25) is 5.91 Å². The minimum atomic E-state index is 0.212. The SMILES string of the molecule is COCCN(CCc1csc2nc(-c3ccc(Cl)cc3)cn12)C(=O)C1CCC1. The average Bonchev–Trinajstić information content (AvgIpc) is 3.22. The molecule has 0 bridgehead atoms. The molecule has 7 heteroatoms. The largest absolute Gasteiger partial charge is 0.383 e. The van der Waals surface area contributed by atoms with Crippen molar-refractivity contribution in [3.8, 4) is 11.3 Å². The molecular weight excluding hydrogens is 394 g/mol. The highest BCUT2D eigenvalue weighted by Gasteiger charge is 2.29. The molecule has 1 saturated carbocycles. The number of thiazole rings is 1. The van der Waals surface area contributed by atoms with Gasteiger partial charge in [0.1, 0.15) is 0 Å². The zero-order valence-electron chi connectivity index (χ0n) is 15.9. The lowest BCUT2D eigenvalue weighted by molar-refractivity contribution is -0.138. The van der Waals surface area contributed by atoms with E-state index in [1.165, 1.54) is 12.1 Å². The highest BCUT2D eigenvalue weighted by molar-refractivity contribution is 7.15. The molecule has 0 unspecified atom stereocenters. The summed E-state index contributed by atoms with van der Waals surface area (Å²) in [6.45, 7) is 1.93. The number of carbonyl (C=O) groups is 1. The summed E-state index contributed by atoms with van der Waals surface area (Å²) in [5.74, 6) is 0.492. The first-order valence-corrected chi connectivity index (χ1v) is 10.9. The number of aromatic nitrogens is 2. The second kappa shape index (κ2) is 8.64. The van der Waals surface area contributed by atoms with E-state index in [-0.39, 0.29) is 11.8 Å². The molecule has 3 aromatic rings. The molecule has 0 atom stereocenters. The maximum Gasteiger partial charge on any atom is 0.225 e. The molecule has 148 valence electrons. The molecule has 1 amide bonds. The molecule has 4 rings (SSSR count). The van der Waals surface area contributed by atoms with E-state index in [1.807, 2.05) is 29.2 Å². The van der Waals surface area contributed by atoms with Crippen molar-refractivity contribution in [3.05, 3.63) is 46.6 Å². The van der Waals surface area contributed by atoms with Crippen molar-refractivity contribution < 1.29 is 9.53 Å². The Balaban J connectivity index is 1.48. The van der Waals surface area contributed by atoms with Gasteiger partial charge in [0.25, 0.3) is 0 Å². The number of carbonyl (C=O) groups excluding carboxylic acids is 1. The molecule has 0 N–H and O–H groups in total. The third-order valence-corrected chi connectivity index (χ3v) is 6.53. The fourth-order valence-corrected chi connectivity index (χ4v) is 4.50. The van der Waals surface area contributed by atoms with E-state index in [9.17, 15) is 4.79 Å². The lowest BCUT2D eigenvalue weighted by atomic mass is 9.84. The van der Waals surface area contributed by atoms with Gasteiger partial charge in [-0.25, -0.2) is 4.98 Å². The first kappa shape index (κ1) is 19.4. The maximum atomic E-state index is 12.7. The fourth-order valence-electron chi connectivity index (χ4n) is 3.47. The van der Waals surface area contributed by atoms with Crippen molar-refractivity contribution in [3.63, 3.8) is 0 Å². The van der Waals surface area contributed by atoms with E-state index in [0.717, 1.165) is 40.5 Å². The summed E-state index contributed by atoms with van der Waals surface area (Å²) in [6.07, 6.45) is 6.09. The Morgan fingerprint density at radius 2 is 2.11 bits per heavy atom. The number of nitrogens with zero attached hydrogens (tertiary/aromatic N) is 3. The van der Waals surface area contributed by atoms with Crippen LogP contribution in [-0.4, -0.2) is 47.0 Å². The number of imidazole rings is 1. The van der Waals surface area contributed by atoms with Crippen LogP contribution in [0, 0.1) is 5.92 Å². The molecule has 1 fully saturated rings. The van der Waals surface area contributed by atoms with Crippen LogP contribution < -0.4 is 0 Å². The minimum Gasteiger partial charge on any atom is -0.383 e. The van der Waals surface area contributed by atoms with Crippen LogP contribution in [0.25, 0.3) is 16.2 Å². The number of fused-ring (bicyclic) bond motifs is 1. The van der Waals surface area contributed by atoms with E-state index < -0.39 is 0 Å². The van der Waals surface area contributed by atoms with E-state index in [2.05, 4.69) is 16.0 Å². The number of rotatable bonds is 8. The lowest BCUT2D eigenvalue weighted by Crippen LogP contribution is -2.41. The van der Waals surface area contributed by atoms with Crippen molar-refractivity contribution in [2.75, 3.05) is 26.8 Å². The van der Waals surface area contributed by atoms with Crippen molar-refractivity contribution >= 4 is 33.8 Å². The van der Waals surface area contributed by atoms with E-state index >= 15 is 0 Å². The van der Waals surface area contributed by atoms with Gasteiger partial charge in [-0.1, -0.05) is 30.2 Å². The highest BCUT2D eigenvalue weighted by Crippen LogP contribution is 2.29. The van der Waals surface area contributed by atoms with Gasteiger partial charge in [-0.3, -0.25) is 9.20 Å². The zero-order valence-corrected chi connectivity index (χ0v) is 17.5. The van der Waals surface area contributed by atoms with Crippen LogP contribution in [-0.2, 0) is 16.0 Å². The molecule has 2 aromatic heterocycles. The van der Waals surface area contributed by atoms with Gasteiger partial charge in [0.05, 0.1) is 12.3 Å². The van der Waals surface area contributed by atoms with Crippen LogP contribution in [0.5, 0.6) is 0 Å². The standard InChI is InChI=1S/C21H24ClN3O2S/c1-27-12-11-24(20(26)16-3-2-4-16)10-9-18-14-28-21-23-19(13-25(18)21)15-5-7-17(22)8-6-15/h5-8,13-14,16H,2-4,9-12H2,1H3. The highest BCUT2D eigenvalue weighted by atomic mass is 35.5. The Hall–Kier alpha value is -1.89. The van der Waals surface area contributed by atoms with Crippen LogP contribution in [0.4, 0.5) is 0 Å². The van der Waals surface area contributed by atoms with Gasteiger partial charge in [0.15, 0.2) is 4.96 Å². The smallest absolute Gasteiger partial charge is 0.225 e. The zero-order chi connectivity index (χ0) is 19.5. The van der Waals surface area contributed by atoms with Gasteiger partial charge in [0, 0.05) is 60.4 Å². The Morgan fingerprint density at radius 3 is 2.79 bits per heavy atom. The summed E-state index contributed by atoms with van der Waals surface area (Å²) < 4.78 is 7.34. The summed E-state index contributed by atoms with van der Waals surface area (Å²) in [5, 5.41) is 2.86. The summed E-state index contributed by atoms with van der Waals surface area (Å²) in [6, 6.07) is 7.73. The fraction of sp³-hybridized carbons (Fsp3) is 0.429. The summed E-state index contributed by atoms with van der Waals surface area (Å²) in [7, 11) is 1.68. The van der Waals surface area contributed by atoms with Gasteiger partial charge in [-0.2, -0.15) is 0 Å². The molecule has 0 spiro atoms. The second-order valence-electron chi connectivity index (χ2n) is 7.21. The van der Waals surface area contributed by atoms with Crippen molar-refractivity contribution in [1.82, 2.24) is 14.3 Å². The van der Waals surface area contributed by atoms with Gasteiger partial charge >= 0.3 is 0 Å². The quantitative estimate of drug-likeness (QED) is 0.540. The van der Waals surface area contributed by atoms with Crippen LogP contribution in [0.2, 0.25) is 5.02 Å². The molecule has 1 aliphatic rings. The molecule has 2 heterocycles. The Kier molecular flexibility index (Phi) is 5.99. The summed E-state index contributed by atoms with van der Waals surface area (Å²) in [5.41, 5.74) is 3.16. The predicted molar refractivity (Wildman–Crippen MR) is 113 cm³/mol.